The average molecular weight is 642 g/mol. The lowest BCUT2D eigenvalue weighted by molar-refractivity contribution is 0.574. The first-order valence-corrected chi connectivity index (χ1v) is 17.0. The zero-order valence-electron chi connectivity index (χ0n) is 27.1. The van der Waals surface area contributed by atoms with E-state index in [0.29, 0.717) is 16.7 Å². The Labute approximate surface area is 292 Å². The molecule has 4 aromatic rings. The molecular formula is C45H31N5. The van der Waals surface area contributed by atoms with E-state index in [1.807, 2.05) is 24.3 Å². The van der Waals surface area contributed by atoms with Crippen molar-refractivity contribution in [3.05, 3.63) is 185 Å². The van der Waals surface area contributed by atoms with Crippen LogP contribution in [0, 0.1) is 34.0 Å². The van der Waals surface area contributed by atoms with Gasteiger partial charge in [0.15, 0.2) is 0 Å². The number of rotatable bonds is 4. The van der Waals surface area contributed by atoms with E-state index >= 15 is 0 Å². The van der Waals surface area contributed by atoms with Crippen LogP contribution in [0.15, 0.2) is 163 Å². The van der Waals surface area contributed by atoms with Crippen molar-refractivity contribution in [3.63, 3.8) is 0 Å². The molecule has 0 aromatic heterocycles. The first-order valence-electron chi connectivity index (χ1n) is 17.0. The molecule has 4 aromatic carbocycles. The van der Waals surface area contributed by atoms with E-state index < -0.39 is 0 Å². The molecule has 3 aliphatic carbocycles. The van der Waals surface area contributed by atoms with Crippen molar-refractivity contribution in [2.45, 2.75) is 35.9 Å². The zero-order valence-corrected chi connectivity index (χ0v) is 27.1. The van der Waals surface area contributed by atoms with Crippen LogP contribution in [0.1, 0.15) is 40.0 Å². The quantitative estimate of drug-likeness (QED) is 0.222. The van der Waals surface area contributed by atoms with Crippen molar-refractivity contribution in [1.29, 1.82) is 15.8 Å². The van der Waals surface area contributed by atoms with Crippen LogP contribution < -0.4 is 9.80 Å². The lowest BCUT2D eigenvalue weighted by atomic mass is 9.81. The molecule has 5 nitrogen and oxygen atoms in total. The van der Waals surface area contributed by atoms with E-state index in [4.69, 9.17) is 0 Å². The van der Waals surface area contributed by atoms with Gasteiger partial charge in [-0.25, -0.2) is 0 Å². The minimum absolute atomic E-state index is 0.0284. The molecule has 236 valence electrons. The molecule has 0 radical (unpaired) electrons. The highest BCUT2D eigenvalue weighted by Gasteiger charge is 2.43. The molecule has 6 atom stereocenters. The largest absolute Gasteiger partial charge is 0.356 e. The second-order valence-corrected chi connectivity index (χ2v) is 13.4. The first kappa shape index (κ1) is 29.5. The van der Waals surface area contributed by atoms with Gasteiger partial charge in [0, 0.05) is 46.0 Å². The number of fused-ring (bicyclic) bond motifs is 6. The average Bonchev–Trinajstić information content (AvgIpc) is 3.69. The lowest BCUT2D eigenvalue weighted by Crippen LogP contribution is -2.44. The summed E-state index contributed by atoms with van der Waals surface area (Å²) >= 11 is 0. The number of hydrogen-bond acceptors (Lipinski definition) is 5. The number of para-hydroxylation sites is 1. The summed E-state index contributed by atoms with van der Waals surface area (Å²) in [5, 5.41) is 29.4. The van der Waals surface area contributed by atoms with Crippen LogP contribution in [-0.2, 0) is 0 Å². The summed E-state index contributed by atoms with van der Waals surface area (Å²) in [5.41, 5.74) is 11.2. The highest BCUT2D eigenvalue weighted by Crippen LogP contribution is 2.50. The van der Waals surface area contributed by atoms with Gasteiger partial charge in [0.05, 0.1) is 41.9 Å². The van der Waals surface area contributed by atoms with Crippen molar-refractivity contribution in [2.75, 3.05) is 9.80 Å². The molecule has 0 N–H and O–H groups in total. The number of benzene rings is 4. The molecule has 2 aliphatic heterocycles. The van der Waals surface area contributed by atoms with E-state index in [9.17, 15) is 15.8 Å². The Kier molecular flexibility index (Phi) is 6.98. The molecule has 0 saturated heterocycles. The van der Waals surface area contributed by atoms with E-state index in [-0.39, 0.29) is 35.9 Å². The minimum Gasteiger partial charge on any atom is -0.356 e. The van der Waals surface area contributed by atoms with E-state index in [1.165, 1.54) is 16.8 Å². The topological polar surface area (TPSA) is 77.8 Å². The summed E-state index contributed by atoms with van der Waals surface area (Å²) in [6.07, 6.45) is 21.1. The van der Waals surface area contributed by atoms with Gasteiger partial charge in [-0.1, -0.05) is 91.1 Å². The first-order chi connectivity index (χ1) is 24.7. The molecule has 0 fully saturated rings. The van der Waals surface area contributed by atoms with Gasteiger partial charge in [-0.05, 0) is 88.5 Å². The monoisotopic (exact) mass is 641 g/mol. The Balaban J connectivity index is 1.10. The molecule has 2 heterocycles. The van der Waals surface area contributed by atoms with Gasteiger partial charge in [0.1, 0.15) is 0 Å². The summed E-state index contributed by atoms with van der Waals surface area (Å²) in [5.74, 6) is 0.298. The lowest BCUT2D eigenvalue weighted by Gasteiger charge is -2.40. The maximum atomic E-state index is 10.0. The third-order valence-electron chi connectivity index (χ3n) is 10.8. The third kappa shape index (κ3) is 4.58. The molecular weight excluding hydrogens is 611 g/mol. The Morgan fingerprint density at radius 3 is 1.94 bits per heavy atom. The van der Waals surface area contributed by atoms with Crippen molar-refractivity contribution in [1.82, 2.24) is 0 Å². The Morgan fingerprint density at radius 1 is 0.520 bits per heavy atom. The van der Waals surface area contributed by atoms with Crippen LogP contribution in [-0.4, -0.2) is 18.1 Å². The Morgan fingerprint density at radius 2 is 1.18 bits per heavy atom. The number of anilines is 3. The molecule has 0 amide bonds. The molecule has 5 aliphatic rings. The van der Waals surface area contributed by atoms with Crippen molar-refractivity contribution in [2.24, 2.45) is 0 Å². The molecule has 5 heteroatoms. The molecule has 0 bridgehead atoms. The SMILES string of the molecule is N#CC1=CC2C(C=C1)c1ccccc1N2c1ccc(-c2ccccc2C2C=CC(C#N)=CC2N2c3ccc(C#N)cc3C3C=CC=CC32)cc1. The van der Waals surface area contributed by atoms with Crippen molar-refractivity contribution >= 4 is 17.1 Å². The van der Waals surface area contributed by atoms with Gasteiger partial charge in [0.25, 0.3) is 0 Å². The summed E-state index contributed by atoms with van der Waals surface area (Å²) in [4.78, 5) is 4.81. The number of nitrogens with zero attached hydrogens (tertiary/aromatic N) is 5. The van der Waals surface area contributed by atoms with E-state index in [1.54, 1.807) is 0 Å². The summed E-state index contributed by atoms with van der Waals surface area (Å²) in [6.45, 7) is 0. The van der Waals surface area contributed by atoms with Gasteiger partial charge in [-0.2, -0.15) is 15.8 Å². The van der Waals surface area contributed by atoms with Crippen LogP contribution in [0.2, 0.25) is 0 Å². The van der Waals surface area contributed by atoms with Crippen molar-refractivity contribution < 1.29 is 0 Å². The fourth-order valence-electron chi connectivity index (χ4n) is 8.65. The van der Waals surface area contributed by atoms with Gasteiger partial charge in [-0.15, -0.1) is 0 Å². The second kappa shape index (κ2) is 11.8. The molecule has 0 spiro atoms. The normalized spacial score (nSPS) is 25.0. The fourth-order valence-corrected chi connectivity index (χ4v) is 8.65. The highest BCUT2D eigenvalue weighted by atomic mass is 15.2. The standard InChI is InChI=1S/C45H31N5/c46-26-29-15-22-43-40(23-29)37-10-4-6-12-42(37)50(43)45-25-31(28-48)13-20-38(45)35-8-2-1-7-34(35)32-16-18-33(19-17-32)49-41-11-5-3-9-36(41)39-21-14-30(27-47)24-44(39)49/h1-25,37-39,42,44-45H. The Bertz CT molecular complexity index is 2370. The van der Waals surface area contributed by atoms with Crippen LogP contribution >= 0.6 is 0 Å². The van der Waals surface area contributed by atoms with Crippen LogP contribution in [0.25, 0.3) is 11.1 Å². The summed E-state index contributed by atoms with van der Waals surface area (Å²) < 4.78 is 0. The third-order valence-corrected chi connectivity index (χ3v) is 10.8. The fraction of sp³-hybridized carbons (Fsp3) is 0.133. The predicted molar refractivity (Wildman–Crippen MR) is 198 cm³/mol. The maximum absolute atomic E-state index is 10.0. The van der Waals surface area contributed by atoms with Crippen molar-refractivity contribution in [3.8, 4) is 29.3 Å². The summed E-state index contributed by atoms with van der Waals surface area (Å²) in [6, 6.07) is 39.0. The smallest absolute Gasteiger partial charge is 0.0991 e. The van der Waals surface area contributed by atoms with Gasteiger partial charge in [0.2, 0.25) is 0 Å². The van der Waals surface area contributed by atoms with Crippen LogP contribution in [0.4, 0.5) is 17.1 Å². The highest BCUT2D eigenvalue weighted by molar-refractivity contribution is 5.79. The predicted octanol–water partition coefficient (Wildman–Crippen LogP) is 9.42. The number of nitriles is 3. The number of hydrogen-bond donors (Lipinski definition) is 0. The summed E-state index contributed by atoms with van der Waals surface area (Å²) in [7, 11) is 0. The van der Waals surface area contributed by atoms with Crippen LogP contribution in [0.3, 0.4) is 0 Å². The van der Waals surface area contributed by atoms with Crippen LogP contribution in [0.5, 0.6) is 0 Å². The molecule has 50 heavy (non-hydrogen) atoms. The molecule has 0 saturated carbocycles. The van der Waals surface area contributed by atoms with Gasteiger partial charge in [-0.3, -0.25) is 0 Å². The second-order valence-electron chi connectivity index (χ2n) is 13.4. The zero-order chi connectivity index (χ0) is 33.8. The van der Waals surface area contributed by atoms with E-state index in [2.05, 4.69) is 155 Å². The maximum Gasteiger partial charge on any atom is 0.0991 e. The van der Waals surface area contributed by atoms with Gasteiger partial charge >= 0.3 is 0 Å². The Hall–Kier alpha value is -6.61. The molecule has 9 rings (SSSR count). The number of allylic oxidation sites excluding steroid dienone is 6. The van der Waals surface area contributed by atoms with E-state index in [0.717, 1.165) is 28.1 Å². The minimum atomic E-state index is -0.119. The molecule has 6 unspecified atom stereocenters. The van der Waals surface area contributed by atoms with Gasteiger partial charge < -0.3 is 9.80 Å².